The fourth-order valence-electron chi connectivity index (χ4n) is 1.27. The topological polar surface area (TPSA) is 49.3 Å². The van der Waals surface area contributed by atoms with Crippen LogP contribution in [0.4, 0.5) is 0 Å². The van der Waals surface area contributed by atoms with Crippen LogP contribution < -0.4 is 5.32 Å². The van der Waals surface area contributed by atoms with E-state index in [9.17, 15) is 4.79 Å². The van der Waals surface area contributed by atoms with Crippen LogP contribution in [0.5, 0.6) is 0 Å². The highest BCUT2D eigenvalue weighted by molar-refractivity contribution is 5.66. The number of terminal acetylenes is 1. The standard InChI is InChI=1S/C11H19NO2/c1-4-6-10(5-2)12-9(3)7-8-11(13)14/h2,9-10,12H,4,6-8H2,1,3H3,(H,13,14). The number of nitrogens with one attached hydrogen (secondary N) is 1. The average Bonchev–Trinajstić information content (AvgIpc) is 2.14. The van der Waals surface area contributed by atoms with Gasteiger partial charge in [-0.3, -0.25) is 4.79 Å². The largest absolute Gasteiger partial charge is 0.481 e. The van der Waals surface area contributed by atoms with Crippen molar-refractivity contribution >= 4 is 5.97 Å². The summed E-state index contributed by atoms with van der Waals surface area (Å²) in [6, 6.07) is 0.238. The number of hydrogen-bond acceptors (Lipinski definition) is 2. The molecule has 3 heteroatoms. The summed E-state index contributed by atoms with van der Waals surface area (Å²) in [6.45, 7) is 4.04. The van der Waals surface area contributed by atoms with Crippen molar-refractivity contribution in [2.45, 2.75) is 51.6 Å². The molecule has 2 atom stereocenters. The summed E-state index contributed by atoms with van der Waals surface area (Å²) in [5, 5.41) is 11.7. The van der Waals surface area contributed by atoms with Crippen molar-refractivity contribution in [2.75, 3.05) is 0 Å². The van der Waals surface area contributed by atoms with Gasteiger partial charge in [0.2, 0.25) is 0 Å². The summed E-state index contributed by atoms with van der Waals surface area (Å²) in [5.41, 5.74) is 0. The minimum Gasteiger partial charge on any atom is -0.481 e. The summed E-state index contributed by atoms with van der Waals surface area (Å²) < 4.78 is 0. The second kappa shape index (κ2) is 7.40. The normalized spacial score (nSPS) is 14.4. The fraction of sp³-hybridized carbons (Fsp3) is 0.727. The van der Waals surface area contributed by atoms with E-state index in [2.05, 4.69) is 18.2 Å². The van der Waals surface area contributed by atoms with Gasteiger partial charge in [0.05, 0.1) is 6.04 Å². The molecule has 0 rings (SSSR count). The predicted molar refractivity (Wildman–Crippen MR) is 57.0 cm³/mol. The number of carbonyl (C=O) groups is 1. The quantitative estimate of drug-likeness (QED) is 0.610. The number of carboxylic acid groups (broad SMARTS) is 1. The lowest BCUT2D eigenvalue weighted by Crippen LogP contribution is -2.35. The molecule has 80 valence electrons. The zero-order chi connectivity index (χ0) is 11.0. The minimum absolute atomic E-state index is 0.0730. The van der Waals surface area contributed by atoms with Crippen LogP contribution in [0.3, 0.4) is 0 Å². The maximum atomic E-state index is 10.3. The molecule has 0 fully saturated rings. The van der Waals surface area contributed by atoms with E-state index >= 15 is 0 Å². The van der Waals surface area contributed by atoms with Gasteiger partial charge in [-0.1, -0.05) is 19.3 Å². The number of hydrogen-bond donors (Lipinski definition) is 2. The highest BCUT2D eigenvalue weighted by atomic mass is 16.4. The molecule has 0 saturated carbocycles. The molecular formula is C11H19NO2. The highest BCUT2D eigenvalue weighted by Crippen LogP contribution is 2.01. The fourth-order valence-corrected chi connectivity index (χ4v) is 1.27. The Labute approximate surface area is 85.9 Å². The van der Waals surface area contributed by atoms with E-state index in [4.69, 9.17) is 11.5 Å². The van der Waals surface area contributed by atoms with Crippen molar-refractivity contribution in [2.24, 2.45) is 0 Å². The van der Waals surface area contributed by atoms with Crippen LogP contribution in [0.25, 0.3) is 0 Å². The van der Waals surface area contributed by atoms with E-state index in [1.165, 1.54) is 0 Å². The summed E-state index contributed by atoms with van der Waals surface area (Å²) in [5.74, 6) is 1.91. The third-order valence-electron chi connectivity index (χ3n) is 2.06. The van der Waals surface area contributed by atoms with Gasteiger partial charge in [-0.15, -0.1) is 6.42 Å². The van der Waals surface area contributed by atoms with Crippen LogP contribution in [0.2, 0.25) is 0 Å². The molecule has 0 heterocycles. The molecule has 0 radical (unpaired) electrons. The molecule has 0 bridgehead atoms. The molecule has 0 aromatic heterocycles. The van der Waals surface area contributed by atoms with Gasteiger partial charge >= 0.3 is 5.97 Å². The lowest BCUT2D eigenvalue weighted by molar-refractivity contribution is -0.137. The maximum absolute atomic E-state index is 10.3. The van der Waals surface area contributed by atoms with E-state index in [1.54, 1.807) is 0 Å². The van der Waals surface area contributed by atoms with E-state index in [1.807, 2.05) is 6.92 Å². The van der Waals surface area contributed by atoms with Crippen molar-refractivity contribution in [1.82, 2.24) is 5.32 Å². The third-order valence-corrected chi connectivity index (χ3v) is 2.06. The van der Waals surface area contributed by atoms with Crippen molar-refractivity contribution in [3.05, 3.63) is 0 Å². The average molecular weight is 197 g/mol. The van der Waals surface area contributed by atoms with E-state index in [0.717, 1.165) is 12.8 Å². The molecular weight excluding hydrogens is 178 g/mol. The van der Waals surface area contributed by atoms with E-state index in [0.29, 0.717) is 6.42 Å². The monoisotopic (exact) mass is 197 g/mol. The third kappa shape index (κ3) is 6.50. The van der Waals surface area contributed by atoms with Crippen LogP contribution >= 0.6 is 0 Å². The summed E-state index contributed by atoms with van der Waals surface area (Å²) in [4.78, 5) is 10.3. The Kier molecular flexibility index (Phi) is 6.87. The molecule has 0 saturated heterocycles. The van der Waals surface area contributed by atoms with Crippen molar-refractivity contribution in [3.63, 3.8) is 0 Å². The van der Waals surface area contributed by atoms with Crippen LogP contribution in [0.15, 0.2) is 0 Å². The summed E-state index contributed by atoms with van der Waals surface area (Å²) in [6.07, 6.45) is 8.12. The Morgan fingerprint density at radius 2 is 2.21 bits per heavy atom. The Morgan fingerprint density at radius 3 is 2.64 bits per heavy atom. The Hall–Kier alpha value is -1.01. The Bertz CT molecular complexity index is 208. The van der Waals surface area contributed by atoms with E-state index < -0.39 is 5.97 Å². The first-order valence-corrected chi connectivity index (χ1v) is 5.04. The number of carboxylic acids is 1. The zero-order valence-electron chi connectivity index (χ0n) is 8.92. The van der Waals surface area contributed by atoms with Crippen LogP contribution in [-0.2, 0) is 4.79 Å². The lowest BCUT2D eigenvalue weighted by atomic mass is 10.1. The first kappa shape index (κ1) is 13.0. The second-order valence-electron chi connectivity index (χ2n) is 3.51. The molecule has 3 nitrogen and oxygen atoms in total. The van der Waals surface area contributed by atoms with Gasteiger partial charge in [-0.2, -0.15) is 0 Å². The molecule has 2 unspecified atom stereocenters. The second-order valence-corrected chi connectivity index (χ2v) is 3.51. The highest BCUT2D eigenvalue weighted by Gasteiger charge is 2.09. The van der Waals surface area contributed by atoms with Crippen LogP contribution in [0.1, 0.15) is 39.5 Å². The first-order chi connectivity index (χ1) is 6.60. The van der Waals surface area contributed by atoms with Crippen molar-refractivity contribution in [3.8, 4) is 12.3 Å². The van der Waals surface area contributed by atoms with Gasteiger partial charge in [-0.25, -0.2) is 0 Å². The molecule has 14 heavy (non-hydrogen) atoms. The Morgan fingerprint density at radius 1 is 1.57 bits per heavy atom. The molecule has 0 aliphatic carbocycles. The van der Waals surface area contributed by atoms with Gasteiger partial charge in [-0.05, 0) is 19.8 Å². The van der Waals surface area contributed by atoms with Gasteiger partial charge in [0.15, 0.2) is 0 Å². The summed E-state index contributed by atoms with van der Waals surface area (Å²) in [7, 11) is 0. The predicted octanol–water partition coefficient (Wildman–Crippen LogP) is 1.63. The molecule has 0 spiro atoms. The van der Waals surface area contributed by atoms with Crippen LogP contribution in [-0.4, -0.2) is 23.2 Å². The molecule has 0 aliphatic rings. The van der Waals surface area contributed by atoms with Gasteiger partial charge in [0.1, 0.15) is 0 Å². The zero-order valence-corrected chi connectivity index (χ0v) is 8.92. The van der Waals surface area contributed by atoms with Crippen molar-refractivity contribution in [1.29, 1.82) is 0 Å². The first-order valence-electron chi connectivity index (χ1n) is 5.04. The van der Waals surface area contributed by atoms with E-state index in [-0.39, 0.29) is 18.5 Å². The Balaban J connectivity index is 3.73. The lowest BCUT2D eigenvalue weighted by Gasteiger charge is -2.17. The minimum atomic E-state index is -0.758. The van der Waals surface area contributed by atoms with Crippen molar-refractivity contribution < 1.29 is 9.90 Å². The SMILES string of the molecule is C#CC(CCC)NC(C)CCC(=O)O. The summed E-state index contributed by atoms with van der Waals surface area (Å²) >= 11 is 0. The molecule has 0 aromatic rings. The molecule has 0 amide bonds. The van der Waals surface area contributed by atoms with Crippen LogP contribution in [0, 0.1) is 12.3 Å². The van der Waals surface area contributed by atoms with Gasteiger partial charge < -0.3 is 10.4 Å². The smallest absolute Gasteiger partial charge is 0.303 e. The molecule has 0 aliphatic heterocycles. The maximum Gasteiger partial charge on any atom is 0.303 e. The number of aliphatic carboxylic acids is 1. The van der Waals surface area contributed by atoms with Gasteiger partial charge in [0.25, 0.3) is 0 Å². The molecule has 0 aromatic carbocycles. The van der Waals surface area contributed by atoms with Gasteiger partial charge in [0, 0.05) is 12.5 Å². The number of rotatable bonds is 7. The molecule has 2 N–H and O–H groups in total.